The van der Waals surface area contributed by atoms with Gasteiger partial charge in [-0.25, -0.2) is 8.42 Å². The van der Waals surface area contributed by atoms with Gasteiger partial charge in [0.15, 0.2) is 0 Å². The van der Waals surface area contributed by atoms with E-state index in [1.165, 1.54) is 4.90 Å². The van der Waals surface area contributed by atoms with Gasteiger partial charge in [0, 0.05) is 0 Å². The van der Waals surface area contributed by atoms with Crippen LogP contribution in [0.1, 0.15) is 47.9 Å². The molecule has 4 rings (SSSR count). The second kappa shape index (κ2) is 8.11. The van der Waals surface area contributed by atoms with Crippen molar-refractivity contribution in [3.8, 4) is 0 Å². The molecule has 2 fully saturated rings. The summed E-state index contributed by atoms with van der Waals surface area (Å²) >= 11 is 0. The maximum Gasteiger partial charge on any atom is 0.262 e. The number of nitrogens with one attached hydrogen (secondary N) is 1. The molecule has 0 bridgehead atoms. The van der Waals surface area contributed by atoms with Crippen LogP contribution in [0.25, 0.3) is 0 Å². The van der Waals surface area contributed by atoms with E-state index in [9.17, 15) is 18.0 Å². The summed E-state index contributed by atoms with van der Waals surface area (Å²) in [6.07, 6.45) is 3.48. The largest absolute Gasteiger partial charge is 0.279 e. The van der Waals surface area contributed by atoms with Gasteiger partial charge in [0.1, 0.15) is 0 Å². The highest BCUT2D eigenvalue weighted by atomic mass is 32.2. The Hall–Kier alpha value is -2.67. The van der Waals surface area contributed by atoms with E-state index in [0.29, 0.717) is 16.8 Å². The van der Waals surface area contributed by atoms with Gasteiger partial charge in [-0.1, -0.05) is 37.1 Å². The van der Waals surface area contributed by atoms with Gasteiger partial charge < -0.3 is 0 Å². The fraction of sp³-hybridized carbons (Fsp3) is 0.417. The third kappa shape index (κ3) is 3.99. The summed E-state index contributed by atoms with van der Waals surface area (Å²) in [5.41, 5.74) is 3.65. The van der Waals surface area contributed by atoms with Crippen LogP contribution < -0.4 is 4.72 Å². The molecule has 1 aliphatic heterocycles. The maximum absolute atomic E-state index is 13.2. The molecule has 31 heavy (non-hydrogen) atoms. The Morgan fingerprint density at radius 2 is 1.58 bits per heavy atom. The van der Waals surface area contributed by atoms with E-state index >= 15 is 0 Å². The molecule has 1 N–H and O–H groups in total. The number of benzene rings is 2. The predicted molar refractivity (Wildman–Crippen MR) is 119 cm³/mol. The van der Waals surface area contributed by atoms with Gasteiger partial charge >= 0.3 is 0 Å². The van der Waals surface area contributed by atoms with Crippen LogP contribution in [0.15, 0.2) is 41.3 Å². The van der Waals surface area contributed by atoms with Gasteiger partial charge in [-0.3, -0.25) is 19.2 Å². The van der Waals surface area contributed by atoms with Crippen LogP contribution in [0.2, 0.25) is 0 Å². The van der Waals surface area contributed by atoms with E-state index in [4.69, 9.17) is 0 Å². The number of hydrogen-bond donors (Lipinski definition) is 1. The van der Waals surface area contributed by atoms with Gasteiger partial charge in [-0.2, -0.15) is 0 Å². The van der Waals surface area contributed by atoms with Crippen molar-refractivity contribution < 1.29 is 18.0 Å². The summed E-state index contributed by atoms with van der Waals surface area (Å²) in [5, 5.41) is 0. The minimum absolute atomic E-state index is 0.108. The van der Waals surface area contributed by atoms with Crippen molar-refractivity contribution in [1.29, 1.82) is 0 Å². The first-order valence-electron chi connectivity index (χ1n) is 10.7. The van der Waals surface area contributed by atoms with Crippen LogP contribution in [0.5, 0.6) is 0 Å². The lowest BCUT2D eigenvalue weighted by Gasteiger charge is -2.19. The molecule has 1 aliphatic carbocycles. The first-order chi connectivity index (χ1) is 14.7. The normalized spacial score (nSPS) is 21.3. The fourth-order valence-electron chi connectivity index (χ4n) is 4.66. The van der Waals surface area contributed by atoms with Crippen LogP contribution in [-0.2, 0) is 26.2 Å². The van der Waals surface area contributed by atoms with Gasteiger partial charge in [0.2, 0.25) is 11.8 Å². The van der Waals surface area contributed by atoms with Gasteiger partial charge in [0.25, 0.3) is 10.0 Å². The van der Waals surface area contributed by atoms with Crippen molar-refractivity contribution in [2.75, 3.05) is 4.72 Å². The van der Waals surface area contributed by atoms with Crippen LogP contribution in [0.4, 0.5) is 5.69 Å². The average molecular weight is 441 g/mol. The quantitative estimate of drug-likeness (QED) is 0.710. The molecule has 2 aliphatic rings. The second-order valence-corrected chi connectivity index (χ2v) is 10.4. The van der Waals surface area contributed by atoms with E-state index in [2.05, 4.69) is 4.72 Å². The molecular formula is C24H28N2O4S. The summed E-state index contributed by atoms with van der Waals surface area (Å²) in [6.45, 7) is 5.65. The maximum atomic E-state index is 13.2. The number of fused-ring (bicyclic) bond motifs is 1. The Labute approximate surface area is 183 Å². The molecule has 2 atom stereocenters. The molecule has 1 saturated heterocycles. The molecule has 0 unspecified atom stereocenters. The molecule has 0 spiro atoms. The van der Waals surface area contributed by atoms with E-state index < -0.39 is 10.0 Å². The van der Waals surface area contributed by atoms with Crippen molar-refractivity contribution in [1.82, 2.24) is 4.90 Å². The lowest BCUT2D eigenvalue weighted by Crippen LogP contribution is -2.30. The molecule has 164 valence electrons. The van der Waals surface area contributed by atoms with E-state index in [1.807, 2.05) is 26.0 Å². The van der Waals surface area contributed by atoms with Gasteiger partial charge in [-0.15, -0.1) is 0 Å². The Morgan fingerprint density at radius 3 is 2.23 bits per heavy atom. The second-order valence-electron chi connectivity index (χ2n) is 8.71. The lowest BCUT2D eigenvalue weighted by atomic mass is 9.81. The molecular weight excluding hydrogens is 412 g/mol. The highest BCUT2D eigenvalue weighted by molar-refractivity contribution is 7.92. The third-order valence-electron chi connectivity index (χ3n) is 6.66. The summed E-state index contributed by atoms with van der Waals surface area (Å²) in [4.78, 5) is 27.1. The fourth-order valence-corrected chi connectivity index (χ4v) is 6.08. The third-order valence-corrected chi connectivity index (χ3v) is 8.17. The number of rotatable bonds is 5. The summed E-state index contributed by atoms with van der Waals surface area (Å²) < 4.78 is 29.0. The number of carbonyl (C=O) groups excluding carboxylic acids is 2. The SMILES string of the molecule is Cc1ccc(CN2C(=O)[C@@H]3CCCC[C@H]3C2=O)cc1S(=O)(=O)Nc1cccc(C)c1C. The molecule has 7 heteroatoms. The smallest absolute Gasteiger partial charge is 0.262 e. The summed E-state index contributed by atoms with van der Waals surface area (Å²) in [6, 6.07) is 10.6. The number of anilines is 1. The number of amides is 2. The molecule has 1 saturated carbocycles. The van der Waals surface area contributed by atoms with Gasteiger partial charge in [0.05, 0.1) is 29.0 Å². The number of carbonyl (C=O) groups is 2. The topological polar surface area (TPSA) is 83.6 Å². The zero-order valence-corrected chi connectivity index (χ0v) is 19.0. The number of hydrogen-bond acceptors (Lipinski definition) is 4. The van der Waals surface area contributed by atoms with Crippen LogP contribution in [0.3, 0.4) is 0 Å². The average Bonchev–Trinajstić information content (AvgIpc) is 2.97. The Bertz CT molecular complexity index is 1130. The molecule has 2 amide bonds. The van der Waals surface area contributed by atoms with Crippen molar-refractivity contribution in [3.63, 3.8) is 0 Å². The predicted octanol–water partition coefficient (Wildman–Crippen LogP) is 4.09. The minimum atomic E-state index is -3.83. The Kier molecular flexibility index (Phi) is 5.64. The molecule has 2 aromatic rings. The number of sulfonamides is 1. The zero-order valence-electron chi connectivity index (χ0n) is 18.1. The highest BCUT2D eigenvalue weighted by Crippen LogP contribution is 2.38. The first-order valence-corrected chi connectivity index (χ1v) is 12.2. The van der Waals surface area contributed by atoms with Crippen LogP contribution in [-0.4, -0.2) is 25.1 Å². The molecule has 1 heterocycles. The van der Waals surface area contributed by atoms with E-state index in [1.54, 1.807) is 31.2 Å². The number of aryl methyl sites for hydroxylation is 2. The van der Waals surface area contributed by atoms with Crippen molar-refractivity contribution >= 4 is 27.5 Å². The lowest BCUT2D eigenvalue weighted by molar-refractivity contribution is -0.140. The Balaban J connectivity index is 1.61. The number of likely N-dealkylation sites (tertiary alicyclic amines) is 1. The van der Waals surface area contributed by atoms with Crippen molar-refractivity contribution in [2.45, 2.75) is 57.9 Å². The number of imide groups is 1. The molecule has 0 radical (unpaired) electrons. The summed E-state index contributed by atoms with van der Waals surface area (Å²) in [5.74, 6) is -0.650. The Morgan fingerprint density at radius 1 is 0.935 bits per heavy atom. The molecule has 2 aromatic carbocycles. The first kappa shape index (κ1) is 21.6. The number of nitrogens with zero attached hydrogens (tertiary/aromatic N) is 1. The van der Waals surface area contributed by atoms with E-state index in [0.717, 1.165) is 36.8 Å². The van der Waals surface area contributed by atoms with Gasteiger partial charge in [-0.05, 0) is 68.0 Å². The van der Waals surface area contributed by atoms with Crippen molar-refractivity contribution in [2.24, 2.45) is 11.8 Å². The standard InChI is InChI=1S/C24H28N2O4S/c1-15-7-6-10-21(17(15)3)25-31(29,30)22-13-18(12-11-16(22)2)14-26-23(27)19-8-4-5-9-20(19)24(26)28/h6-7,10-13,19-20,25H,4-5,8-9,14H2,1-3H3/t19-,20-/m1/s1. The van der Waals surface area contributed by atoms with Crippen LogP contribution in [0, 0.1) is 32.6 Å². The summed E-state index contributed by atoms with van der Waals surface area (Å²) in [7, 11) is -3.83. The van der Waals surface area contributed by atoms with Crippen molar-refractivity contribution in [3.05, 3.63) is 58.7 Å². The monoisotopic (exact) mass is 440 g/mol. The molecule has 0 aromatic heterocycles. The minimum Gasteiger partial charge on any atom is -0.279 e. The highest BCUT2D eigenvalue weighted by Gasteiger charge is 2.47. The van der Waals surface area contributed by atoms with E-state index in [-0.39, 0.29) is 35.1 Å². The van der Waals surface area contributed by atoms with Crippen LogP contribution >= 0.6 is 0 Å². The zero-order chi connectivity index (χ0) is 22.3. The molecule has 6 nitrogen and oxygen atoms in total.